The van der Waals surface area contributed by atoms with E-state index in [0.29, 0.717) is 5.75 Å². The Labute approximate surface area is 96.4 Å². The van der Waals surface area contributed by atoms with Crippen LogP contribution in [0.1, 0.15) is 37.8 Å². The van der Waals surface area contributed by atoms with Gasteiger partial charge in [0.05, 0.1) is 7.11 Å². The van der Waals surface area contributed by atoms with Crippen LogP contribution in [0.4, 0.5) is 0 Å². The van der Waals surface area contributed by atoms with Gasteiger partial charge in [0.1, 0.15) is 11.5 Å². The van der Waals surface area contributed by atoms with Crippen LogP contribution in [-0.4, -0.2) is 13.1 Å². The van der Waals surface area contributed by atoms with Crippen LogP contribution in [0, 0.1) is 6.92 Å². The van der Waals surface area contributed by atoms with E-state index < -0.39 is 0 Å². The van der Waals surface area contributed by atoms with Gasteiger partial charge in [0, 0.05) is 12.5 Å². The van der Waals surface area contributed by atoms with E-state index in [1.165, 1.54) is 6.92 Å². The number of benzene rings is 1. The number of hydrogen-bond donors (Lipinski definition) is 0. The summed E-state index contributed by atoms with van der Waals surface area (Å²) in [4.78, 5) is 11.0. The minimum absolute atomic E-state index is 0.281. The van der Waals surface area contributed by atoms with Crippen molar-refractivity contribution >= 4 is 5.97 Å². The highest BCUT2D eigenvalue weighted by Crippen LogP contribution is 2.33. The maximum Gasteiger partial charge on any atom is 0.308 e. The third kappa shape index (κ3) is 2.75. The van der Waals surface area contributed by atoms with Crippen LogP contribution >= 0.6 is 0 Å². The summed E-state index contributed by atoms with van der Waals surface area (Å²) >= 11 is 0. The standard InChI is InChI=1S/C13H18O3/c1-8(2)11-7-12(15-5)9(3)6-13(11)16-10(4)14/h6-8H,1-5H3. The molecule has 1 rings (SSSR count). The summed E-state index contributed by atoms with van der Waals surface area (Å²) in [6.07, 6.45) is 0. The van der Waals surface area contributed by atoms with E-state index in [9.17, 15) is 4.79 Å². The number of carbonyl (C=O) groups is 1. The van der Waals surface area contributed by atoms with Gasteiger partial charge < -0.3 is 9.47 Å². The van der Waals surface area contributed by atoms with Crippen LogP contribution in [0.25, 0.3) is 0 Å². The first-order valence-corrected chi connectivity index (χ1v) is 5.32. The molecule has 0 atom stereocenters. The Balaban J connectivity index is 3.24. The zero-order valence-corrected chi connectivity index (χ0v) is 10.5. The molecule has 0 amide bonds. The van der Waals surface area contributed by atoms with Gasteiger partial charge in [0.25, 0.3) is 0 Å². The summed E-state index contributed by atoms with van der Waals surface area (Å²) in [6, 6.07) is 3.77. The van der Waals surface area contributed by atoms with E-state index in [1.54, 1.807) is 7.11 Å². The Morgan fingerprint density at radius 2 is 1.88 bits per heavy atom. The Morgan fingerprint density at radius 1 is 1.25 bits per heavy atom. The van der Waals surface area contributed by atoms with Crippen LogP contribution in [0.5, 0.6) is 11.5 Å². The summed E-state index contributed by atoms with van der Waals surface area (Å²) in [5, 5.41) is 0. The van der Waals surface area contributed by atoms with Crippen molar-refractivity contribution in [3.05, 3.63) is 23.3 Å². The first kappa shape index (κ1) is 12.6. The molecule has 0 bridgehead atoms. The largest absolute Gasteiger partial charge is 0.496 e. The van der Waals surface area contributed by atoms with Gasteiger partial charge in [0.15, 0.2) is 0 Å². The number of ether oxygens (including phenoxy) is 2. The second kappa shape index (κ2) is 5.01. The summed E-state index contributed by atoms with van der Waals surface area (Å²) in [5.74, 6) is 1.43. The highest BCUT2D eigenvalue weighted by Gasteiger charge is 2.13. The third-order valence-corrected chi connectivity index (χ3v) is 2.40. The van der Waals surface area contributed by atoms with Crippen LogP contribution < -0.4 is 9.47 Å². The lowest BCUT2D eigenvalue weighted by atomic mass is 10.00. The first-order valence-electron chi connectivity index (χ1n) is 5.32. The molecular formula is C13H18O3. The predicted molar refractivity (Wildman–Crippen MR) is 63.1 cm³/mol. The fourth-order valence-electron chi connectivity index (χ4n) is 1.59. The Bertz CT molecular complexity index is 394. The highest BCUT2D eigenvalue weighted by atomic mass is 16.5. The molecular weight excluding hydrogens is 204 g/mol. The second-order valence-electron chi connectivity index (χ2n) is 4.11. The van der Waals surface area contributed by atoms with Crippen LogP contribution in [0.15, 0.2) is 12.1 Å². The number of methoxy groups -OCH3 is 1. The minimum Gasteiger partial charge on any atom is -0.496 e. The lowest BCUT2D eigenvalue weighted by molar-refractivity contribution is -0.131. The number of aryl methyl sites for hydroxylation is 1. The van der Waals surface area contributed by atoms with E-state index in [4.69, 9.17) is 9.47 Å². The fourth-order valence-corrected chi connectivity index (χ4v) is 1.59. The molecule has 0 spiro atoms. The molecule has 3 heteroatoms. The van der Waals surface area contributed by atoms with Crippen LogP contribution in [0.2, 0.25) is 0 Å². The zero-order chi connectivity index (χ0) is 12.3. The molecule has 0 radical (unpaired) electrons. The molecule has 88 valence electrons. The molecule has 1 aromatic rings. The van der Waals surface area contributed by atoms with Gasteiger partial charge in [-0.1, -0.05) is 13.8 Å². The molecule has 0 saturated carbocycles. The highest BCUT2D eigenvalue weighted by molar-refractivity contribution is 5.70. The number of rotatable bonds is 3. The summed E-state index contributed by atoms with van der Waals surface area (Å²) in [7, 11) is 1.64. The van der Waals surface area contributed by atoms with Crippen molar-refractivity contribution in [3.63, 3.8) is 0 Å². The molecule has 0 aliphatic rings. The third-order valence-electron chi connectivity index (χ3n) is 2.40. The normalized spacial score (nSPS) is 10.4. The average Bonchev–Trinajstić information content (AvgIpc) is 2.16. The predicted octanol–water partition coefficient (Wildman–Crippen LogP) is 3.05. The number of hydrogen-bond acceptors (Lipinski definition) is 3. The maximum atomic E-state index is 11.0. The summed E-state index contributed by atoms with van der Waals surface area (Å²) in [5.41, 5.74) is 1.95. The summed E-state index contributed by atoms with van der Waals surface area (Å²) in [6.45, 7) is 7.44. The van der Waals surface area contributed by atoms with Crippen molar-refractivity contribution < 1.29 is 14.3 Å². The van der Waals surface area contributed by atoms with E-state index in [1.807, 2.05) is 19.1 Å². The molecule has 0 heterocycles. The topological polar surface area (TPSA) is 35.5 Å². The summed E-state index contributed by atoms with van der Waals surface area (Å²) < 4.78 is 10.4. The van der Waals surface area contributed by atoms with E-state index in [-0.39, 0.29) is 11.9 Å². The molecule has 0 aliphatic heterocycles. The van der Waals surface area contributed by atoms with Gasteiger partial charge in [0.2, 0.25) is 0 Å². The zero-order valence-electron chi connectivity index (χ0n) is 10.5. The molecule has 16 heavy (non-hydrogen) atoms. The molecule has 3 nitrogen and oxygen atoms in total. The average molecular weight is 222 g/mol. The Hall–Kier alpha value is -1.51. The van der Waals surface area contributed by atoms with Crippen molar-refractivity contribution in [1.82, 2.24) is 0 Å². The van der Waals surface area contributed by atoms with Gasteiger partial charge in [-0.05, 0) is 30.5 Å². The maximum absolute atomic E-state index is 11.0. The Kier molecular flexibility index (Phi) is 3.93. The van der Waals surface area contributed by atoms with Gasteiger partial charge in [-0.2, -0.15) is 0 Å². The smallest absolute Gasteiger partial charge is 0.308 e. The van der Waals surface area contributed by atoms with Gasteiger partial charge >= 0.3 is 5.97 Å². The van der Waals surface area contributed by atoms with Crippen molar-refractivity contribution in [1.29, 1.82) is 0 Å². The monoisotopic (exact) mass is 222 g/mol. The van der Waals surface area contributed by atoms with Gasteiger partial charge in [-0.3, -0.25) is 4.79 Å². The van der Waals surface area contributed by atoms with Crippen molar-refractivity contribution in [2.24, 2.45) is 0 Å². The lowest BCUT2D eigenvalue weighted by Gasteiger charge is -2.15. The SMILES string of the molecule is COc1cc(C(C)C)c(OC(C)=O)cc1C. The lowest BCUT2D eigenvalue weighted by Crippen LogP contribution is -2.05. The van der Waals surface area contributed by atoms with E-state index >= 15 is 0 Å². The molecule has 0 fully saturated rings. The van der Waals surface area contributed by atoms with Crippen molar-refractivity contribution in [2.45, 2.75) is 33.6 Å². The van der Waals surface area contributed by atoms with E-state index in [0.717, 1.165) is 16.9 Å². The second-order valence-corrected chi connectivity index (χ2v) is 4.11. The molecule has 0 aromatic heterocycles. The first-order chi connectivity index (χ1) is 7.45. The van der Waals surface area contributed by atoms with Crippen LogP contribution in [-0.2, 0) is 4.79 Å². The Morgan fingerprint density at radius 3 is 2.31 bits per heavy atom. The molecule has 0 N–H and O–H groups in total. The molecule has 0 unspecified atom stereocenters. The molecule has 1 aromatic carbocycles. The molecule has 0 aliphatic carbocycles. The molecule has 0 saturated heterocycles. The van der Waals surface area contributed by atoms with Crippen LogP contribution in [0.3, 0.4) is 0 Å². The van der Waals surface area contributed by atoms with Crippen molar-refractivity contribution in [3.8, 4) is 11.5 Å². The quantitative estimate of drug-likeness (QED) is 0.582. The minimum atomic E-state index is -0.300. The van der Waals surface area contributed by atoms with E-state index in [2.05, 4.69) is 13.8 Å². The number of esters is 1. The number of carbonyl (C=O) groups excluding carboxylic acids is 1. The van der Waals surface area contributed by atoms with Gasteiger partial charge in [-0.25, -0.2) is 0 Å². The van der Waals surface area contributed by atoms with Crippen molar-refractivity contribution in [2.75, 3.05) is 7.11 Å². The fraction of sp³-hybridized carbons (Fsp3) is 0.462. The van der Waals surface area contributed by atoms with Gasteiger partial charge in [-0.15, -0.1) is 0 Å².